The summed E-state index contributed by atoms with van der Waals surface area (Å²) in [6.07, 6.45) is 15.8. The average Bonchev–Trinajstić information content (AvgIpc) is 3.71. The summed E-state index contributed by atoms with van der Waals surface area (Å²) < 4.78 is 3.86. The van der Waals surface area contributed by atoms with E-state index in [1.54, 1.807) is 0 Å². The van der Waals surface area contributed by atoms with Crippen LogP contribution >= 0.6 is 0 Å². The number of aromatic nitrogens is 2. The second kappa shape index (κ2) is 9.28. The van der Waals surface area contributed by atoms with Crippen molar-refractivity contribution in [2.24, 2.45) is 45.8 Å². The van der Waals surface area contributed by atoms with E-state index in [4.69, 9.17) is 34.9 Å². The molecule has 5 aliphatic heterocycles. The molecule has 6 bridgehead atoms. The minimum absolute atomic E-state index is 0.117. The van der Waals surface area contributed by atoms with E-state index in [9.17, 15) is 0 Å². The monoisotopic (exact) mass is 626 g/mol. The highest BCUT2D eigenvalue weighted by molar-refractivity contribution is 6.30. The Morgan fingerprint density at radius 2 is 1.12 bits per heavy atom. The Morgan fingerprint density at radius 3 is 1.81 bits per heavy atom. The molecule has 10 rings (SSSR count). The molecule has 6 aliphatic rings. The molecule has 4 aromatic rings. The molecular weight excluding hydrogens is 596 g/mol. The van der Waals surface area contributed by atoms with Crippen LogP contribution in [0.2, 0.25) is 0 Å². The predicted octanol–water partition coefficient (Wildman–Crippen LogP) is 6.51. The highest BCUT2D eigenvalue weighted by Crippen LogP contribution is 2.40. The Balaban J connectivity index is 1.35. The summed E-state index contributed by atoms with van der Waals surface area (Å²) in [6, 6.07) is 16.4. The maximum atomic E-state index is 5.29. The lowest BCUT2D eigenvalue weighted by atomic mass is 9.87. The van der Waals surface area contributed by atoms with Crippen LogP contribution in [0.15, 0.2) is 142 Å². The Kier molecular flexibility index (Phi) is 5.24. The fraction of sp³-hybridized carbons (Fsp3) is 0.184. The summed E-state index contributed by atoms with van der Waals surface area (Å²) in [4.78, 5) is 36.0. The average molecular weight is 627 g/mol. The van der Waals surface area contributed by atoms with Crippen LogP contribution in [-0.4, -0.2) is 38.9 Å². The van der Waals surface area contributed by atoms with Crippen LogP contribution in [0.3, 0.4) is 0 Å². The molecule has 0 radical (unpaired) electrons. The van der Waals surface area contributed by atoms with Gasteiger partial charge in [-0.05, 0) is 6.42 Å². The van der Waals surface area contributed by atoms with Crippen molar-refractivity contribution >= 4 is 62.7 Å². The van der Waals surface area contributed by atoms with E-state index >= 15 is 0 Å². The second-order valence-corrected chi connectivity index (χ2v) is 13.7. The number of benzene rings is 2. The van der Waals surface area contributed by atoms with Gasteiger partial charge in [0.1, 0.15) is 5.70 Å². The first kappa shape index (κ1) is 27.1. The minimum Gasteiger partial charge on any atom is -0.256 e. The molecule has 0 fully saturated rings. The topological polar surface area (TPSA) is 108 Å². The molecule has 48 heavy (non-hydrogen) atoms. The number of amidine groups is 4. The third-order valence-corrected chi connectivity index (χ3v) is 9.84. The fourth-order valence-corrected chi connectivity index (χ4v) is 6.82. The number of hydrogen-bond donors (Lipinski definition) is 1. The fourth-order valence-electron chi connectivity index (χ4n) is 6.82. The van der Waals surface area contributed by atoms with E-state index in [2.05, 4.69) is 94.0 Å². The largest absolute Gasteiger partial charge is 0.256 e. The normalized spacial score (nSPS) is 22.6. The van der Waals surface area contributed by atoms with Gasteiger partial charge in [-0.15, -0.1) is 0 Å². The lowest BCUT2D eigenvalue weighted by Gasteiger charge is -2.18. The Hall–Kier alpha value is -6.03. The van der Waals surface area contributed by atoms with Gasteiger partial charge in [-0.3, -0.25) is 4.99 Å². The number of nitrogens with one attached hydrogen (secondary N) is 1. The molecule has 2 aromatic heterocycles. The van der Waals surface area contributed by atoms with E-state index in [-0.39, 0.29) is 10.8 Å². The Bertz CT molecular complexity index is 2660. The standard InChI is InChI=1S/C38H30N10/c1-5-38(4)18-15-21-22(16-19-38)30-40-29(21)41-32-28-27(14-17-37(2,3)20-39-28)31(42-32)44-34-24-11-7-9-13-26(24)36-45-35-25-12-8-6-10-23(25)33(43-30)47(35)46-48(34)36/h6-20,46H,5H2,1-4H3. The highest BCUT2D eigenvalue weighted by Gasteiger charge is 2.33. The number of rotatable bonds is 1. The van der Waals surface area contributed by atoms with Crippen molar-refractivity contribution in [1.29, 1.82) is 0 Å². The SMILES string of the molecule is CCC1(C)C=CC2=C(C=C1)C1=NC3=NC(=Nc4c5ccccc5c5n4Nn4c(c6ccccc6c4=N5)=NC2=N1)C1=C3N=CC(C)(C)C=C1. The molecule has 2 aromatic carbocycles. The van der Waals surface area contributed by atoms with E-state index in [0.717, 1.165) is 56.0 Å². The van der Waals surface area contributed by atoms with Gasteiger partial charge in [0.2, 0.25) is 0 Å². The van der Waals surface area contributed by atoms with Crippen LogP contribution in [-0.2, 0) is 0 Å². The van der Waals surface area contributed by atoms with E-state index in [0.29, 0.717) is 40.3 Å². The minimum atomic E-state index is -0.258. The van der Waals surface area contributed by atoms with E-state index in [1.807, 2.05) is 39.8 Å². The lowest BCUT2D eigenvalue weighted by Crippen LogP contribution is -2.41. The molecule has 0 spiro atoms. The second-order valence-electron chi connectivity index (χ2n) is 13.7. The third-order valence-electron chi connectivity index (χ3n) is 9.84. The van der Waals surface area contributed by atoms with Crippen molar-refractivity contribution in [2.45, 2.75) is 34.1 Å². The Morgan fingerprint density at radius 1 is 0.583 bits per heavy atom. The summed E-state index contributed by atoms with van der Waals surface area (Å²) in [5, 5.41) is 3.86. The summed E-state index contributed by atoms with van der Waals surface area (Å²) in [6.45, 7) is 8.67. The maximum absolute atomic E-state index is 5.29. The smallest absolute Gasteiger partial charge is 0.183 e. The zero-order chi connectivity index (χ0) is 32.4. The number of hydrogen-bond acceptors (Lipinski definition) is 8. The van der Waals surface area contributed by atoms with Gasteiger partial charge < -0.3 is 0 Å². The van der Waals surface area contributed by atoms with Gasteiger partial charge in [0.15, 0.2) is 46.0 Å². The van der Waals surface area contributed by atoms with Gasteiger partial charge in [0, 0.05) is 55.3 Å². The van der Waals surface area contributed by atoms with Gasteiger partial charge in [0.25, 0.3) is 0 Å². The Labute approximate surface area is 275 Å². The van der Waals surface area contributed by atoms with Crippen molar-refractivity contribution in [3.8, 4) is 0 Å². The zero-order valence-electron chi connectivity index (χ0n) is 26.9. The van der Waals surface area contributed by atoms with Gasteiger partial charge in [-0.2, -0.15) is 0 Å². The van der Waals surface area contributed by atoms with Crippen molar-refractivity contribution in [3.63, 3.8) is 0 Å². The number of fused-ring (bicyclic) bond motifs is 12. The molecule has 1 N–H and O–H groups in total. The van der Waals surface area contributed by atoms with E-state index < -0.39 is 0 Å². The predicted molar refractivity (Wildman–Crippen MR) is 192 cm³/mol. The zero-order valence-corrected chi connectivity index (χ0v) is 26.9. The molecule has 0 amide bonds. The first-order valence-electron chi connectivity index (χ1n) is 16.2. The highest BCUT2D eigenvalue weighted by atomic mass is 15.7. The molecule has 232 valence electrons. The van der Waals surface area contributed by atoms with Crippen LogP contribution in [0.25, 0.3) is 21.5 Å². The summed E-state index contributed by atoms with van der Waals surface area (Å²) in [5.41, 5.74) is 7.98. The third kappa shape index (κ3) is 3.77. The number of allylic oxidation sites excluding steroid dienone is 3. The van der Waals surface area contributed by atoms with Crippen LogP contribution in [0.1, 0.15) is 34.1 Å². The summed E-state index contributed by atoms with van der Waals surface area (Å²) in [5.74, 6) is 3.54. The molecule has 7 heterocycles. The van der Waals surface area contributed by atoms with Gasteiger partial charge >= 0.3 is 0 Å². The molecular formula is C38H30N10. The molecule has 10 nitrogen and oxygen atoms in total. The molecule has 1 unspecified atom stereocenters. The molecule has 0 saturated carbocycles. The molecule has 1 atom stereocenters. The first-order chi connectivity index (χ1) is 23.3. The maximum Gasteiger partial charge on any atom is 0.183 e. The van der Waals surface area contributed by atoms with Gasteiger partial charge in [-0.1, -0.05) is 113 Å². The van der Waals surface area contributed by atoms with Gasteiger partial charge in [0.05, 0.1) is 0 Å². The summed E-state index contributed by atoms with van der Waals surface area (Å²) >= 11 is 0. The van der Waals surface area contributed by atoms with Crippen molar-refractivity contribution < 1.29 is 0 Å². The van der Waals surface area contributed by atoms with Gasteiger partial charge in [-0.25, -0.2) is 44.8 Å². The number of nitrogens with zero attached hydrogens (tertiary/aromatic N) is 9. The van der Waals surface area contributed by atoms with Crippen LogP contribution in [0.4, 0.5) is 11.6 Å². The quantitative estimate of drug-likeness (QED) is 0.225. The summed E-state index contributed by atoms with van der Waals surface area (Å²) in [7, 11) is 0. The van der Waals surface area contributed by atoms with Crippen LogP contribution in [0.5, 0.6) is 0 Å². The van der Waals surface area contributed by atoms with Crippen LogP contribution in [0, 0.1) is 10.8 Å². The van der Waals surface area contributed by atoms with Crippen molar-refractivity contribution in [2.75, 3.05) is 5.53 Å². The first-order valence-corrected chi connectivity index (χ1v) is 16.2. The van der Waals surface area contributed by atoms with Crippen molar-refractivity contribution in [3.05, 3.63) is 118 Å². The van der Waals surface area contributed by atoms with Crippen LogP contribution < -0.4 is 16.5 Å². The lowest BCUT2D eigenvalue weighted by molar-refractivity contribution is 0.531. The van der Waals surface area contributed by atoms with Crippen molar-refractivity contribution in [1.82, 2.24) is 9.35 Å². The van der Waals surface area contributed by atoms with E-state index in [1.165, 1.54) is 0 Å². The number of aliphatic imine (C=N–C) groups is 5. The molecule has 0 saturated heterocycles. The molecule has 1 aliphatic carbocycles. The molecule has 10 heteroatoms.